The summed E-state index contributed by atoms with van der Waals surface area (Å²) in [5, 5.41) is 11.6. The topological polar surface area (TPSA) is 93.0 Å². The van der Waals surface area contributed by atoms with E-state index in [2.05, 4.69) is 31.7 Å². The van der Waals surface area contributed by atoms with E-state index in [1.165, 1.54) is 0 Å². The number of hydrogen-bond donors (Lipinski definition) is 2. The van der Waals surface area contributed by atoms with Crippen LogP contribution in [0.1, 0.15) is 12.8 Å². The van der Waals surface area contributed by atoms with Crippen LogP contribution in [0.25, 0.3) is 16.9 Å². The molecule has 2 N–H and O–H groups in total. The van der Waals surface area contributed by atoms with Gasteiger partial charge < -0.3 is 25.0 Å². The summed E-state index contributed by atoms with van der Waals surface area (Å²) in [7, 11) is 3.16. The molecule has 4 aromatic rings. The summed E-state index contributed by atoms with van der Waals surface area (Å²) in [6.45, 7) is 2.01. The molecule has 0 saturated carbocycles. The van der Waals surface area contributed by atoms with Crippen LogP contribution >= 0.6 is 27.5 Å². The van der Waals surface area contributed by atoms with Gasteiger partial charge in [0, 0.05) is 60.2 Å². The number of nitrogens with one attached hydrogen (secondary N) is 2. The molecule has 1 unspecified atom stereocenters. The molecule has 3 heterocycles. The maximum Gasteiger partial charge on any atom is 0.321 e. The standard InChI is InChI=1S/C27H28BrClN6O3/c1-37-19-10-18(11-20(12-19)38-2)32-27(36)34-9-5-6-17(16-34)14-30-25-13-24(21-7-3-4-8-23(21)29)33-26-22(28)15-31-35(25)26/h3-4,7-8,10-13,15,17,30H,5-6,9,14,16H2,1-2H3,(H,32,36). The highest BCUT2D eigenvalue weighted by Gasteiger charge is 2.24. The number of benzene rings is 2. The van der Waals surface area contributed by atoms with Crippen molar-refractivity contribution in [2.75, 3.05) is 44.5 Å². The van der Waals surface area contributed by atoms with Gasteiger partial charge >= 0.3 is 6.03 Å². The average molecular weight is 600 g/mol. The van der Waals surface area contributed by atoms with Crippen molar-refractivity contribution in [1.29, 1.82) is 0 Å². The monoisotopic (exact) mass is 598 g/mol. The van der Waals surface area contributed by atoms with E-state index >= 15 is 0 Å². The fourth-order valence-corrected chi connectivity index (χ4v) is 5.20. The van der Waals surface area contributed by atoms with Gasteiger partial charge in [-0.1, -0.05) is 29.8 Å². The first-order chi connectivity index (χ1) is 18.4. The summed E-state index contributed by atoms with van der Waals surface area (Å²) in [6.07, 6.45) is 3.66. The van der Waals surface area contributed by atoms with Crippen molar-refractivity contribution in [3.63, 3.8) is 0 Å². The van der Waals surface area contributed by atoms with Crippen LogP contribution in [0.2, 0.25) is 5.02 Å². The second kappa shape index (κ2) is 11.5. The number of ether oxygens (including phenoxy) is 2. The van der Waals surface area contributed by atoms with Crippen molar-refractivity contribution in [3.05, 3.63) is 64.2 Å². The molecule has 5 rings (SSSR count). The number of hydrogen-bond acceptors (Lipinski definition) is 6. The number of rotatable bonds is 7. The molecule has 1 atom stereocenters. The normalized spacial score (nSPS) is 15.4. The molecule has 9 nitrogen and oxygen atoms in total. The first-order valence-corrected chi connectivity index (χ1v) is 13.4. The predicted octanol–water partition coefficient (Wildman–Crippen LogP) is 6.19. The zero-order valence-electron chi connectivity index (χ0n) is 21.1. The largest absolute Gasteiger partial charge is 0.497 e. The maximum atomic E-state index is 13.1. The molecular formula is C27H28BrClN6O3. The number of amides is 2. The molecule has 0 aliphatic carbocycles. The lowest BCUT2D eigenvalue weighted by Gasteiger charge is -2.33. The van der Waals surface area contributed by atoms with Crippen LogP contribution in [0.15, 0.2) is 59.2 Å². The SMILES string of the molecule is COc1cc(NC(=O)N2CCCC(CNc3cc(-c4ccccc4Cl)nc4c(Br)cnn34)C2)cc(OC)c1. The van der Waals surface area contributed by atoms with Gasteiger partial charge in [-0.05, 0) is 40.8 Å². The Morgan fingerprint density at radius 2 is 1.92 bits per heavy atom. The molecule has 38 heavy (non-hydrogen) atoms. The highest BCUT2D eigenvalue weighted by molar-refractivity contribution is 9.10. The minimum atomic E-state index is -0.145. The van der Waals surface area contributed by atoms with Gasteiger partial charge in [0.1, 0.15) is 17.3 Å². The Bertz CT molecular complexity index is 1440. The lowest BCUT2D eigenvalue weighted by molar-refractivity contribution is 0.180. The van der Waals surface area contributed by atoms with E-state index in [0.717, 1.165) is 34.4 Å². The van der Waals surface area contributed by atoms with E-state index in [1.54, 1.807) is 43.1 Å². The molecule has 2 aromatic carbocycles. The zero-order chi connectivity index (χ0) is 26.6. The minimum absolute atomic E-state index is 0.145. The molecule has 1 aliphatic rings. The zero-order valence-corrected chi connectivity index (χ0v) is 23.4. The fourth-order valence-electron chi connectivity index (χ4n) is 4.62. The first-order valence-electron chi connectivity index (χ1n) is 12.3. The van der Waals surface area contributed by atoms with E-state index < -0.39 is 0 Å². The van der Waals surface area contributed by atoms with Crippen LogP contribution in [0.5, 0.6) is 11.5 Å². The Balaban J connectivity index is 1.29. The molecule has 0 radical (unpaired) electrons. The molecule has 2 aromatic heterocycles. The highest BCUT2D eigenvalue weighted by atomic mass is 79.9. The number of likely N-dealkylation sites (tertiary alicyclic amines) is 1. The predicted molar refractivity (Wildman–Crippen MR) is 152 cm³/mol. The number of carbonyl (C=O) groups excluding carboxylic acids is 1. The number of fused-ring (bicyclic) bond motifs is 1. The number of anilines is 2. The Morgan fingerprint density at radius 1 is 1.16 bits per heavy atom. The van der Waals surface area contributed by atoms with Gasteiger partial charge in [0.2, 0.25) is 0 Å². The number of methoxy groups -OCH3 is 2. The molecule has 0 spiro atoms. The van der Waals surface area contributed by atoms with Crippen molar-refractivity contribution in [1.82, 2.24) is 19.5 Å². The van der Waals surface area contributed by atoms with Gasteiger partial charge in [-0.3, -0.25) is 0 Å². The molecule has 1 aliphatic heterocycles. The van der Waals surface area contributed by atoms with E-state index in [9.17, 15) is 4.79 Å². The fraction of sp³-hybridized carbons (Fsp3) is 0.296. The van der Waals surface area contributed by atoms with Gasteiger partial charge in [-0.2, -0.15) is 9.61 Å². The Hall–Kier alpha value is -3.50. The number of aromatic nitrogens is 3. The van der Waals surface area contributed by atoms with E-state index in [0.29, 0.717) is 47.5 Å². The van der Waals surface area contributed by atoms with Gasteiger partial charge in [-0.15, -0.1) is 0 Å². The second-order valence-electron chi connectivity index (χ2n) is 9.10. The molecule has 2 amide bonds. The third-order valence-electron chi connectivity index (χ3n) is 6.56. The van der Waals surface area contributed by atoms with Gasteiger partial charge in [0.25, 0.3) is 0 Å². The molecule has 1 saturated heterocycles. The van der Waals surface area contributed by atoms with Crippen LogP contribution in [0.4, 0.5) is 16.3 Å². The molecular weight excluding hydrogens is 572 g/mol. The van der Waals surface area contributed by atoms with E-state index in [1.807, 2.05) is 35.2 Å². The highest BCUT2D eigenvalue weighted by Crippen LogP contribution is 2.31. The number of urea groups is 1. The minimum Gasteiger partial charge on any atom is -0.497 e. The van der Waals surface area contributed by atoms with Crippen molar-refractivity contribution < 1.29 is 14.3 Å². The lowest BCUT2D eigenvalue weighted by Crippen LogP contribution is -2.44. The summed E-state index contributed by atoms with van der Waals surface area (Å²) in [5.41, 5.74) is 2.93. The first kappa shape index (κ1) is 26.1. The van der Waals surface area contributed by atoms with Gasteiger partial charge in [0.15, 0.2) is 5.65 Å². The lowest BCUT2D eigenvalue weighted by atomic mass is 9.98. The molecule has 11 heteroatoms. The van der Waals surface area contributed by atoms with E-state index in [-0.39, 0.29) is 11.9 Å². The van der Waals surface area contributed by atoms with Crippen LogP contribution < -0.4 is 20.1 Å². The number of carbonyl (C=O) groups is 1. The quantitative estimate of drug-likeness (QED) is 0.263. The van der Waals surface area contributed by atoms with Crippen LogP contribution in [0, 0.1) is 5.92 Å². The second-order valence-corrected chi connectivity index (χ2v) is 10.4. The third-order valence-corrected chi connectivity index (χ3v) is 7.45. The van der Waals surface area contributed by atoms with Crippen LogP contribution in [-0.2, 0) is 0 Å². The molecule has 198 valence electrons. The Kier molecular flexibility index (Phi) is 7.90. The summed E-state index contributed by atoms with van der Waals surface area (Å²) < 4.78 is 13.2. The van der Waals surface area contributed by atoms with Crippen LogP contribution in [0.3, 0.4) is 0 Å². The van der Waals surface area contributed by atoms with Crippen molar-refractivity contribution in [2.24, 2.45) is 5.92 Å². The van der Waals surface area contributed by atoms with E-state index in [4.69, 9.17) is 26.1 Å². The molecule has 1 fully saturated rings. The van der Waals surface area contributed by atoms with Crippen molar-refractivity contribution in [2.45, 2.75) is 12.8 Å². The smallest absolute Gasteiger partial charge is 0.321 e. The number of piperidine rings is 1. The Labute approximate surface area is 234 Å². The number of nitrogens with zero attached hydrogens (tertiary/aromatic N) is 4. The van der Waals surface area contributed by atoms with Crippen molar-refractivity contribution in [3.8, 4) is 22.8 Å². The summed E-state index contributed by atoms with van der Waals surface area (Å²) >= 11 is 10.0. The average Bonchev–Trinajstić information content (AvgIpc) is 3.32. The Morgan fingerprint density at radius 3 is 2.66 bits per heavy atom. The van der Waals surface area contributed by atoms with Crippen LogP contribution in [-0.4, -0.2) is 59.4 Å². The summed E-state index contributed by atoms with van der Waals surface area (Å²) in [6, 6.07) is 14.8. The van der Waals surface area contributed by atoms with Gasteiger partial charge in [-0.25, -0.2) is 9.78 Å². The summed E-state index contributed by atoms with van der Waals surface area (Å²) in [4.78, 5) is 19.7. The number of halogens is 2. The maximum absolute atomic E-state index is 13.1. The van der Waals surface area contributed by atoms with Gasteiger partial charge in [0.05, 0.1) is 30.6 Å². The molecule has 0 bridgehead atoms. The summed E-state index contributed by atoms with van der Waals surface area (Å²) in [5.74, 6) is 2.30. The van der Waals surface area contributed by atoms with Crippen molar-refractivity contribution >= 4 is 50.7 Å². The third kappa shape index (κ3) is 5.66.